The van der Waals surface area contributed by atoms with Crippen molar-refractivity contribution in [2.45, 2.75) is 13.0 Å². The zero-order chi connectivity index (χ0) is 18.6. The molecule has 4 rings (SSSR count). The zero-order valence-corrected chi connectivity index (χ0v) is 16.4. The van der Waals surface area contributed by atoms with Gasteiger partial charge >= 0.3 is 0 Å². The minimum absolute atomic E-state index is 0.183. The van der Waals surface area contributed by atoms with Gasteiger partial charge in [-0.15, -0.1) is 11.3 Å². The van der Waals surface area contributed by atoms with E-state index in [1.165, 1.54) is 20.9 Å². The molecule has 1 saturated heterocycles. The Morgan fingerprint density at radius 1 is 0.889 bits per heavy atom. The lowest BCUT2D eigenvalue weighted by Gasteiger charge is -2.37. The Labute approximate surface area is 164 Å². The molecule has 0 aliphatic carbocycles. The Kier molecular flexibility index (Phi) is 5.37. The molecule has 4 heteroatoms. The number of rotatable bonds is 4. The molecule has 0 saturated carbocycles. The molecule has 0 atom stereocenters. The molecule has 0 radical (unpaired) electrons. The summed E-state index contributed by atoms with van der Waals surface area (Å²) in [6.45, 7) is 5.59. The monoisotopic (exact) mass is 377 g/mol. The number of carbonyl (C=O) groups is 1. The van der Waals surface area contributed by atoms with Gasteiger partial charge in [0.05, 0.1) is 31.1 Å². The molecule has 3 nitrogen and oxygen atoms in total. The molecule has 0 bridgehead atoms. The number of benzene rings is 2. The number of carbonyl (C=O) groups excluding carboxylic acids is 1. The van der Waals surface area contributed by atoms with Gasteiger partial charge in [0.1, 0.15) is 6.04 Å². The Bertz CT molecular complexity index is 844. The van der Waals surface area contributed by atoms with E-state index in [-0.39, 0.29) is 5.91 Å². The third-order valence-electron chi connectivity index (χ3n) is 5.32. The average molecular weight is 378 g/mol. The molecule has 1 aromatic heterocycles. The molecule has 2 aromatic carbocycles. The van der Waals surface area contributed by atoms with Crippen molar-refractivity contribution < 1.29 is 9.69 Å². The summed E-state index contributed by atoms with van der Waals surface area (Å²) >= 11 is 1.59. The minimum atomic E-state index is 0.183. The van der Waals surface area contributed by atoms with E-state index in [1.54, 1.807) is 11.3 Å². The van der Waals surface area contributed by atoms with Gasteiger partial charge in [0.25, 0.3) is 5.91 Å². The van der Waals surface area contributed by atoms with Crippen molar-refractivity contribution in [2.75, 3.05) is 26.2 Å². The van der Waals surface area contributed by atoms with Crippen LogP contribution in [0.2, 0.25) is 0 Å². The predicted octanol–water partition coefficient (Wildman–Crippen LogP) is 3.19. The number of nitrogens with one attached hydrogen (secondary N) is 1. The van der Waals surface area contributed by atoms with Gasteiger partial charge in [0.2, 0.25) is 0 Å². The van der Waals surface area contributed by atoms with Crippen LogP contribution < -0.4 is 4.90 Å². The molecular weight excluding hydrogens is 352 g/mol. The number of piperazine rings is 1. The molecule has 0 spiro atoms. The normalized spacial score (nSPS) is 15.3. The van der Waals surface area contributed by atoms with E-state index in [4.69, 9.17) is 0 Å². The minimum Gasteiger partial charge on any atom is -0.327 e. The maximum absolute atomic E-state index is 12.8. The van der Waals surface area contributed by atoms with E-state index in [0.717, 1.165) is 31.1 Å². The van der Waals surface area contributed by atoms with E-state index >= 15 is 0 Å². The molecule has 1 amide bonds. The van der Waals surface area contributed by atoms with Crippen molar-refractivity contribution in [3.8, 4) is 0 Å². The highest BCUT2D eigenvalue weighted by atomic mass is 32.1. The van der Waals surface area contributed by atoms with Crippen molar-refractivity contribution in [1.82, 2.24) is 4.90 Å². The van der Waals surface area contributed by atoms with Crippen LogP contribution in [0, 0.1) is 6.92 Å². The van der Waals surface area contributed by atoms with Gasteiger partial charge in [-0.1, -0.05) is 60.7 Å². The molecule has 138 valence electrons. The second-order valence-corrected chi connectivity index (χ2v) is 8.40. The molecule has 1 N–H and O–H groups in total. The SMILES string of the molecule is Cc1ccc(C(=O)N2CC[NH+](C(c3ccccc3)c3ccccc3)CC2)s1. The van der Waals surface area contributed by atoms with Gasteiger partial charge in [0, 0.05) is 16.0 Å². The van der Waals surface area contributed by atoms with E-state index in [1.807, 2.05) is 24.0 Å². The average Bonchev–Trinajstić information content (AvgIpc) is 3.16. The Hall–Kier alpha value is -2.43. The first-order valence-corrected chi connectivity index (χ1v) is 10.3. The van der Waals surface area contributed by atoms with E-state index in [9.17, 15) is 4.79 Å². The zero-order valence-electron chi connectivity index (χ0n) is 15.6. The van der Waals surface area contributed by atoms with Crippen molar-refractivity contribution in [3.05, 3.63) is 93.7 Å². The molecule has 1 aliphatic heterocycles. The Morgan fingerprint density at radius 3 is 1.93 bits per heavy atom. The second-order valence-electron chi connectivity index (χ2n) is 7.12. The van der Waals surface area contributed by atoms with Gasteiger partial charge in [-0.25, -0.2) is 0 Å². The largest absolute Gasteiger partial charge is 0.327 e. The maximum atomic E-state index is 12.8. The number of quaternary nitrogens is 1. The topological polar surface area (TPSA) is 24.8 Å². The summed E-state index contributed by atoms with van der Waals surface area (Å²) in [7, 11) is 0. The van der Waals surface area contributed by atoms with Crippen LogP contribution in [0.3, 0.4) is 0 Å². The van der Waals surface area contributed by atoms with Crippen LogP contribution in [0.5, 0.6) is 0 Å². The van der Waals surface area contributed by atoms with Gasteiger partial charge in [-0.3, -0.25) is 4.79 Å². The first-order chi connectivity index (χ1) is 13.2. The number of amides is 1. The van der Waals surface area contributed by atoms with Gasteiger partial charge in [0.15, 0.2) is 0 Å². The van der Waals surface area contributed by atoms with Crippen LogP contribution in [0.25, 0.3) is 0 Å². The molecule has 1 aliphatic rings. The maximum Gasteiger partial charge on any atom is 0.264 e. The molecule has 0 unspecified atom stereocenters. The van der Waals surface area contributed by atoms with Crippen LogP contribution in [0.15, 0.2) is 72.8 Å². The van der Waals surface area contributed by atoms with E-state index in [2.05, 4.69) is 60.7 Å². The number of aryl methyl sites for hydroxylation is 1. The van der Waals surface area contributed by atoms with Crippen molar-refractivity contribution in [3.63, 3.8) is 0 Å². The first kappa shape index (κ1) is 18.0. The van der Waals surface area contributed by atoms with Gasteiger partial charge < -0.3 is 9.80 Å². The summed E-state index contributed by atoms with van der Waals surface area (Å²) < 4.78 is 0. The molecular formula is C23H25N2OS+. The first-order valence-electron chi connectivity index (χ1n) is 9.52. The van der Waals surface area contributed by atoms with Crippen LogP contribution in [-0.2, 0) is 0 Å². The smallest absolute Gasteiger partial charge is 0.264 e. The van der Waals surface area contributed by atoms with Crippen LogP contribution in [-0.4, -0.2) is 37.0 Å². The van der Waals surface area contributed by atoms with Crippen molar-refractivity contribution >= 4 is 17.2 Å². The Balaban J connectivity index is 1.51. The second kappa shape index (κ2) is 8.07. The van der Waals surface area contributed by atoms with Gasteiger partial charge in [-0.05, 0) is 19.1 Å². The lowest BCUT2D eigenvalue weighted by Crippen LogP contribution is -3.15. The third kappa shape index (κ3) is 3.97. The summed E-state index contributed by atoms with van der Waals surface area (Å²) in [6, 6.07) is 25.8. The summed E-state index contributed by atoms with van der Waals surface area (Å²) in [5, 5.41) is 0. The lowest BCUT2D eigenvalue weighted by molar-refractivity contribution is -0.929. The highest BCUT2D eigenvalue weighted by Gasteiger charge is 2.31. The fourth-order valence-electron chi connectivity index (χ4n) is 3.95. The summed E-state index contributed by atoms with van der Waals surface area (Å²) in [5.41, 5.74) is 2.68. The van der Waals surface area contributed by atoms with E-state index in [0.29, 0.717) is 6.04 Å². The van der Waals surface area contributed by atoms with Crippen LogP contribution >= 0.6 is 11.3 Å². The highest BCUT2D eigenvalue weighted by molar-refractivity contribution is 7.13. The Morgan fingerprint density at radius 2 is 1.44 bits per heavy atom. The number of hydrogen-bond acceptors (Lipinski definition) is 2. The van der Waals surface area contributed by atoms with E-state index < -0.39 is 0 Å². The lowest BCUT2D eigenvalue weighted by atomic mass is 9.96. The summed E-state index contributed by atoms with van der Waals surface area (Å²) in [4.78, 5) is 18.3. The molecule has 3 aromatic rings. The highest BCUT2D eigenvalue weighted by Crippen LogP contribution is 2.20. The number of thiophene rings is 1. The summed E-state index contributed by atoms with van der Waals surface area (Å²) in [5.74, 6) is 0.183. The fraction of sp³-hybridized carbons (Fsp3) is 0.261. The molecule has 1 fully saturated rings. The van der Waals surface area contributed by atoms with Crippen LogP contribution in [0.4, 0.5) is 0 Å². The standard InChI is InChI=1S/C23H24N2OS/c1-18-12-13-21(27-18)23(26)25-16-14-24(15-17-25)22(19-8-4-2-5-9-19)20-10-6-3-7-11-20/h2-13,22H,14-17H2,1H3/p+1. The van der Waals surface area contributed by atoms with Crippen LogP contribution in [0.1, 0.15) is 31.7 Å². The number of nitrogens with zero attached hydrogens (tertiary/aromatic N) is 1. The number of hydrogen-bond donors (Lipinski definition) is 1. The predicted molar refractivity (Wildman–Crippen MR) is 110 cm³/mol. The molecule has 27 heavy (non-hydrogen) atoms. The van der Waals surface area contributed by atoms with Crippen molar-refractivity contribution in [2.24, 2.45) is 0 Å². The third-order valence-corrected chi connectivity index (χ3v) is 6.31. The quantitative estimate of drug-likeness (QED) is 0.742. The van der Waals surface area contributed by atoms with Crippen molar-refractivity contribution in [1.29, 1.82) is 0 Å². The fourth-order valence-corrected chi connectivity index (χ4v) is 4.78. The molecule has 2 heterocycles. The van der Waals surface area contributed by atoms with Gasteiger partial charge in [-0.2, -0.15) is 0 Å². The summed E-state index contributed by atoms with van der Waals surface area (Å²) in [6.07, 6.45) is 0.